The van der Waals surface area contributed by atoms with Crippen LogP contribution in [0.2, 0.25) is 5.15 Å². The van der Waals surface area contributed by atoms with Crippen LogP contribution < -0.4 is 5.32 Å². The maximum atomic E-state index is 12.4. The van der Waals surface area contributed by atoms with Crippen molar-refractivity contribution in [2.24, 2.45) is 0 Å². The SMILES string of the molecule is CCc1nc2ccc(C(=O)Nc3cccnc3Cl)cn2c1C. The van der Waals surface area contributed by atoms with Gasteiger partial charge >= 0.3 is 0 Å². The number of hydrogen-bond donors (Lipinski definition) is 1. The fraction of sp³-hybridized carbons (Fsp3) is 0.188. The van der Waals surface area contributed by atoms with Crippen LogP contribution in [0.4, 0.5) is 5.69 Å². The van der Waals surface area contributed by atoms with Gasteiger partial charge in [-0.25, -0.2) is 9.97 Å². The summed E-state index contributed by atoms with van der Waals surface area (Å²) in [4.78, 5) is 20.8. The van der Waals surface area contributed by atoms with Gasteiger partial charge in [0.15, 0.2) is 5.15 Å². The second-order valence-corrected chi connectivity index (χ2v) is 5.30. The lowest BCUT2D eigenvalue weighted by atomic mass is 10.2. The summed E-state index contributed by atoms with van der Waals surface area (Å²) in [5.41, 5.74) is 3.95. The van der Waals surface area contributed by atoms with Crippen LogP contribution in [-0.4, -0.2) is 20.3 Å². The summed E-state index contributed by atoms with van der Waals surface area (Å²) >= 11 is 5.96. The van der Waals surface area contributed by atoms with Gasteiger partial charge in [0.2, 0.25) is 0 Å². The molecule has 0 saturated carbocycles. The summed E-state index contributed by atoms with van der Waals surface area (Å²) < 4.78 is 1.93. The first-order chi connectivity index (χ1) is 10.6. The van der Waals surface area contributed by atoms with Crippen LogP contribution in [0.5, 0.6) is 0 Å². The van der Waals surface area contributed by atoms with Gasteiger partial charge in [-0.3, -0.25) is 4.79 Å². The summed E-state index contributed by atoms with van der Waals surface area (Å²) in [5, 5.41) is 3.03. The van der Waals surface area contributed by atoms with Crippen molar-refractivity contribution in [3.8, 4) is 0 Å². The summed E-state index contributed by atoms with van der Waals surface area (Å²) in [5.74, 6) is -0.233. The monoisotopic (exact) mass is 314 g/mol. The number of anilines is 1. The largest absolute Gasteiger partial charge is 0.319 e. The fourth-order valence-electron chi connectivity index (χ4n) is 2.35. The maximum absolute atomic E-state index is 12.4. The van der Waals surface area contributed by atoms with Gasteiger partial charge in [0.1, 0.15) is 5.65 Å². The lowest BCUT2D eigenvalue weighted by Gasteiger charge is -2.07. The Kier molecular flexibility index (Phi) is 3.81. The van der Waals surface area contributed by atoms with Gasteiger partial charge in [0, 0.05) is 18.1 Å². The second kappa shape index (κ2) is 5.77. The van der Waals surface area contributed by atoms with Gasteiger partial charge in [-0.05, 0) is 37.6 Å². The number of rotatable bonds is 3. The number of pyridine rings is 2. The molecule has 0 radical (unpaired) electrons. The van der Waals surface area contributed by atoms with Crippen molar-refractivity contribution < 1.29 is 4.79 Å². The molecule has 112 valence electrons. The lowest BCUT2D eigenvalue weighted by Crippen LogP contribution is -2.13. The number of imidazole rings is 1. The van der Waals surface area contributed by atoms with Gasteiger partial charge in [0.25, 0.3) is 5.91 Å². The zero-order chi connectivity index (χ0) is 15.7. The number of halogens is 1. The highest BCUT2D eigenvalue weighted by Gasteiger charge is 2.12. The molecule has 0 saturated heterocycles. The normalized spacial score (nSPS) is 10.9. The molecule has 3 rings (SSSR count). The Morgan fingerprint density at radius 2 is 2.18 bits per heavy atom. The Bertz CT molecular complexity index is 856. The third-order valence-corrected chi connectivity index (χ3v) is 3.86. The van der Waals surface area contributed by atoms with E-state index >= 15 is 0 Å². The van der Waals surface area contributed by atoms with Gasteiger partial charge in [0.05, 0.1) is 16.9 Å². The van der Waals surface area contributed by atoms with E-state index in [4.69, 9.17) is 11.6 Å². The first-order valence-electron chi connectivity index (χ1n) is 6.99. The van der Waals surface area contributed by atoms with Crippen LogP contribution in [-0.2, 0) is 6.42 Å². The van der Waals surface area contributed by atoms with E-state index in [1.807, 2.05) is 17.4 Å². The van der Waals surface area contributed by atoms with Crippen molar-refractivity contribution in [3.63, 3.8) is 0 Å². The average molecular weight is 315 g/mol. The highest BCUT2D eigenvalue weighted by atomic mass is 35.5. The summed E-state index contributed by atoms with van der Waals surface area (Å²) in [7, 11) is 0. The Morgan fingerprint density at radius 1 is 1.36 bits per heavy atom. The summed E-state index contributed by atoms with van der Waals surface area (Å²) in [6.07, 6.45) is 4.22. The molecule has 0 atom stereocenters. The van der Waals surface area contributed by atoms with Crippen molar-refractivity contribution in [1.82, 2.24) is 14.4 Å². The Labute approximate surface area is 133 Å². The molecular weight excluding hydrogens is 300 g/mol. The number of aromatic nitrogens is 3. The molecule has 3 heterocycles. The number of carbonyl (C=O) groups is 1. The van der Waals surface area contributed by atoms with Crippen LogP contribution >= 0.6 is 11.6 Å². The van der Waals surface area contributed by atoms with E-state index in [1.165, 1.54) is 0 Å². The van der Waals surface area contributed by atoms with Crippen molar-refractivity contribution >= 4 is 28.8 Å². The van der Waals surface area contributed by atoms with Crippen molar-refractivity contribution in [2.45, 2.75) is 20.3 Å². The molecule has 0 bridgehead atoms. The predicted octanol–water partition coefficient (Wildman–Crippen LogP) is 3.51. The number of nitrogens with zero attached hydrogens (tertiary/aromatic N) is 3. The second-order valence-electron chi connectivity index (χ2n) is 4.94. The predicted molar refractivity (Wildman–Crippen MR) is 86.5 cm³/mol. The number of carbonyl (C=O) groups excluding carboxylic acids is 1. The topological polar surface area (TPSA) is 59.3 Å². The van der Waals surface area contributed by atoms with Crippen LogP contribution in [0.3, 0.4) is 0 Å². The van der Waals surface area contributed by atoms with E-state index in [1.54, 1.807) is 30.6 Å². The Balaban J connectivity index is 1.94. The van der Waals surface area contributed by atoms with Crippen LogP contribution in [0.1, 0.15) is 28.7 Å². The van der Waals surface area contributed by atoms with E-state index in [2.05, 4.69) is 22.2 Å². The minimum Gasteiger partial charge on any atom is -0.319 e. The van der Waals surface area contributed by atoms with Crippen LogP contribution in [0.25, 0.3) is 5.65 Å². The molecule has 0 aliphatic heterocycles. The van der Waals surface area contributed by atoms with E-state index in [0.29, 0.717) is 11.3 Å². The number of fused-ring (bicyclic) bond motifs is 1. The zero-order valence-electron chi connectivity index (χ0n) is 12.3. The van der Waals surface area contributed by atoms with Crippen molar-refractivity contribution in [1.29, 1.82) is 0 Å². The molecule has 0 unspecified atom stereocenters. The molecule has 0 spiro atoms. The van der Waals surface area contributed by atoms with Gasteiger partial charge in [-0.15, -0.1) is 0 Å². The van der Waals surface area contributed by atoms with Gasteiger partial charge in [-0.1, -0.05) is 18.5 Å². The average Bonchev–Trinajstić information content (AvgIpc) is 2.85. The van der Waals surface area contributed by atoms with Crippen LogP contribution in [0, 0.1) is 6.92 Å². The first kappa shape index (κ1) is 14.5. The van der Waals surface area contributed by atoms with Crippen molar-refractivity contribution in [2.75, 3.05) is 5.32 Å². The molecule has 3 aromatic rings. The molecule has 0 fully saturated rings. The van der Waals surface area contributed by atoms with E-state index < -0.39 is 0 Å². The Morgan fingerprint density at radius 3 is 2.91 bits per heavy atom. The number of amides is 1. The minimum atomic E-state index is -0.233. The molecular formula is C16H15ClN4O. The molecule has 6 heteroatoms. The molecule has 1 amide bonds. The quantitative estimate of drug-likeness (QED) is 0.753. The highest BCUT2D eigenvalue weighted by Crippen LogP contribution is 2.19. The molecule has 0 aromatic carbocycles. The van der Waals surface area contributed by atoms with Crippen molar-refractivity contribution in [3.05, 3.63) is 58.8 Å². The smallest absolute Gasteiger partial charge is 0.257 e. The molecule has 22 heavy (non-hydrogen) atoms. The summed E-state index contributed by atoms with van der Waals surface area (Å²) in [6, 6.07) is 7.02. The highest BCUT2D eigenvalue weighted by molar-refractivity contribution is 6.32. The molecule has 1 N–H and O–H groups in total. The van der Waals surface area contributed by atoms with Gasteiger partial charge in [-0.2, -0.15) is 0 Å². The molecule has 5 nitrogen and oxygen atoms in total. The fourth-order valence-corrected chi connectivity index (χ4v) is 2.52. The minimum absolute atomic E-state index is 0.233. The number of aryl methyl sites for hydroxylation is 2. The van der Waals surface area contributed by atoms with E-state index in [0.717, 1.165) is 23.5 Å². The molecule has 0 aliphatic rings. The van der Waals surface area contributed by atoms with E-state index in [-0.39, 0.29) is 11.1 Å². The molecule has 3 aromatic heterocycles. The first-order valence-corrected chi connectivity index (χ1v) is 7.37. The summed E-state index contributed by atoms with van der Waals surface area (Å²) in [6.45, 7) is 4.06. The third kappa shape index (κ3) is 2.55. The van der Waals surface area contributed by atoms with Gasteiger partial charge < -0.3 is 9.72 Å². The lowest BCUT2D eigenvalue weighted by molar-refractivity contribution is 0.102. The van der Waals surface area contributed by atoms with Crippen LogP contribution in [0.15, 0.2) is 36.7 Å². The third-order valence-electron chi connectivity index (χ3n) is 3.56. The Hall–Kier alpha value is -2.40. The zero-order valence-corrected chi connectivity index (χ0v) is 13.1. The van der Waals surface area contributed by atoms with E-state index in [9.17, 15) is 4.79 Å². The molecule has 0 aliphatic carbocycles. The number of hydrogen-bond acceptors (Lipinski definition) is 3. The standard InChI is InChI=1S/C16H15ClN4O/c1-3-12-10(2)21-9-11(6-7-14(21)19-12)16(22)20-13-5-4-8-18-15(13)17/h4-9H,3H2,1-2H3,(H,20,22). The maximum Gasteiger partial charge on any atom is 0.257 e. The number of nitrogens with one attached hydrogen (secondary N) is 1.